The van der Waals surface area contributed by atoms with Crippen molar-refractivity contribution < 1.29 is 9.59 Å². The number of nitrogens with one attached hydrogen (secondary N) is 1. The van der Waals surface area contributed by atoms with Gasteiger partial charge in [0, 0.05) is 19.6 Å². The molecule has 0 atom stereocenters. The lowest BCUT2D eigenvalue weighted by atomic mass is 10.0. The molecule has 4 heteroatoms. The molecule has 1 aromatic carbocycles. The minimum Gasteiger partial charge on any atom is -0.351 e. The SMILES string of the molecule is O=C(NCc1ccccc1)C1(C(=O)N2CCCC2)CC1. The van der Waals surface area contributed by atoms with Crippen molar-refractivity contribution in [1.29, 1.82) is 0 Å². The van der Waals surface area contributed by atoms with Crippen LogP contribution in [-0.2, 0) is 16.1 Å². The van der Waals surface area contributed by atoms with E-state index in [9.17, 15) is 9.59 Å². The molecule has 1 aliphatic carbocycles. The summed E-state index contributed by atoms with van der Waals surface area (Å²) < 4.78 is 0. The van der Waals surface area contributed by atoms with Crippen molar-refractivity contribution in [2.75, 3.05) is 13.1 Å². The molecule has 0 unspecified atom stereocenters. The van der Waals surface area contributed by atoms with E-state index in [0.717, 1.165) is 31.5 Å². The minimum absolute atomic E-state index is 0.0422. The summed E-state index contributed by atoms with van der Waals surface area (Å²) in [4.78, 5) is 26.6. The van der Waals surface area contributed by atoms with Crippen LogP contribution in [0.4, 0.5) is 0 Å². The van der Waals surface area contributed by atoms with Gasteiger partial charge in [-0.2, -0.15) is 0 Å². The predicted octanol–water partition coefficient (Wildman–Crippen LogP) is 1.71. The molecule has 0 bridgehead atoms. The number of hydrogen-bond acceptors (Lipinski definition) is 2. The molecule has 1 saturated carbocycles. The smallest absolute Gasteiger partial charge is 0.238 e. The average molecular weight is 272 g/mol. The van der Waals surface area contributed by atoms with Gasteiger partial charge in [-0.15, -0.1) is 0 Å². The maximum Gasteiger partial charge on any atom is 0.238 e. The van der Waals surface area contributed by atoms with E-state index in [-0.39, 0.29) is 11.8 Å². The van der Waals surface area contributed by atoms with Crippen molar-refractivity contribution >= 4 is 11.8 Å². The maximum absolute atomic E-state index is 12.4. The summed E-state index contributed by atoms with van der Waals surface area (Å²) in [6, 6.07) is 9.79. The highest BCUT2D eigenvalue weighted by molar-refractivity contribution is 6.07. The Hall–Kier alpha value is -1.84. The first-order valence-corrected chi connectivity index (χ1v) is 7.34. The first-order valence-electron chi connectivity index (χ1n) is 7.34. The summed E-state index contributed by atoms with van der Waals surface area (Å²) in [6.45, 7) is 2.12. The van der Waals surface area contributed by atoms with Gasteiger partial charge in [-0.1, -0.05) is 30.3 Å². The summed E-state index contributed by atoms with van der Waals surface area (Å²) in [5.74, 6) is -0.0567. The maximum atomic E-state index is 12.4. The van der Waals surface area contributed by atoms with Crippen LogP contribution in [-0.4, -0.2) is 29.8 Å². The Balaban J connectivity index is 1.60. The molecule has 2 amide bonds. The Kier molecular flexibility index (Phi) is 3.47. The highest BCUT2D eigenvalue weighted by Crippen LogP contribution is 2.48. The van der Waals surface area contributed by atoms with Crippen LogP contribution in [0.1, 0.15) is 31.2 Å². The van der Waals surface area contributed by atoms with E-state index in [0.29, 0.717) is 19.4 Å². The second-order valence-electron chi connectivity index (χ2n) is 5.75. The molecule has 1 heterocycles. The third kappa shape index (κ3) is 2.42. The van der Waals surface area contributed by atoms with E-state index in [1.54, 1.807) is 0 Å². The topological polar surface area (TPSA) is 49.4 Å². The van der Waals surface area contributed by atoms with Gasteiger partial charge in [0.2, 0.25) is 11.8 Å². The van der Waals surface area contributed by atoms with Crippen LogP contribution in [0.3, 0.4) is 0 Å². The van der Waals surface area contributed by atoms with E-state index in [4.69, 9.17) is 0 Å². The van der Waals surface area contributed by atoms with E-state index in [2.05, 4.69) is 5.32 Å². The van der Waals surface area contributed by atoms with E-state index in [1.807, 2.05) is 35.2 Å². The number of rotatable bonds is 4. The van der Waals surface area contributed by atoms with Crippen LogP contribution in [0.15, 0.2) is 30.3 Å². The molecular weight excluding hydrogens is 252 g/mol. The second kappa shape index (κ2) is 5.27. The van der Waals surface area contributed by atoms with Crippen LogP contribution in [0, 0.1) is 5.41 Å². The summed E-state index contributed by atoms with van der Waals surface area (Å²) in [5, 5.41) is 2.92. The summed E-state index contributed by atoms with van der Waals surface area (Å²) in [5.41, 5.74) is 0.310. The summed E-state index contributed by atoms with van der Waals surface area (Å²) in [7, 11) is 0. The van der Waals surface area contributed by atoms with Crippen molar-refractivity contribution in [1.82, 2.24) is 10.2 Å². The first kappa shape index (κ1) is 13.2. The number of carbonyl (C=O) groups is 2. The van der Waals surface area contributed by atoms with Gasteiger partial charge in [-0.3, -0.25) is 9.59 Å². The van der Waals surface area contributed by atoms with Gasteiger partial charge in [0.25, 0.3) is 0 Å². The molecular formula is C16H20N2O2. The Bertz CT molecular complexity index is 502. The first-order chi connectivity index (χ1) is 9.72. The van der Waals surface area contributed by atoms with Crippen LogP contribution in [0.5, 0.6) is 0 Å². The molecule has 106 valence electrons. The monoisotopic (exact) mass is 272 g/mol. The van der Waals surface area contributed by atoms with Crippen LogP contribution in [0.25, 0.3) is 0 Å². The second-order valence-corrected chi connectivity index (χ2v) is 5.75. The Morgan fingerprint density at radius 2 is 1.75 bits per heavy atom. The Morgan fingerprint density at radius 3 is 2.35 bits per heavy atom. The van der Waals surface area contributed by atoms with Gasteiger partial charge in [-0.25, -0.2) is 0 Å². The quantitative estimate of drug-likeness (QED) is 0.848. The van der Waals surface area contributed by atoms with Gasteiger partial charge in [0.05, 0.1) is 0 Å². The molecule has 20 heavy (non-hydrogen) atoms. The zero-order valence-corrected chi connectivity index (χ0v) is 11.6. The highest BCUT2D eigenvalue weighted by Gasteiger charge is 2.58. The lowest BCUT2D eigenvalue weighted by Crippen LogP contribution is -2.44. The Labute approximate surface area is 119 Å². The zero-order valence-electron chi connectivity index (χ0n) is 11.6. The largest absolute Gasteiger partial charge is 0.351 e. The molecule has 0 radical (unpaired) electrons. The van der Waals surface area contributed by atoms with Gasteiger partial charge in [-0.05, 0) is 31.2 Å². The fourth-order valence-electron chi connectivity index (χ4n) is 2.83. The molecule has 1 N–H and O–H groups in total. The predicted molar refractivity (Wildman–Crippen MR) is 75.8 cm³/mol. The number of benzene rings is 1. The number of amides is 2. The van der Waals surface area contributed by atoms with Crippen LogP contribution >= 0.6 is 0 Å². The molecule has 2 aliphatic rings. The lowest BCUT2D eigenvalue weighted by molar-refractivity contribution is -0.143. The molecule has 4 nitrogen and oxygen atoms in total. The normalized spacial score (nSPS) is 19.7. The summed E-state index contributed by atoms with van der Waals surface area (Å²) in [6.07, 6.45) is 3.52. The third-order valence-electron chi connectivity index (χ3n) is 4.28. The molecule has 0 spiro atoms. The van der Waals surface area contributed by atoms with Crippen molar-refractivity contribution in [3.63, 3.8) is 0 Å². The van der Waals surface area contributed by atoms with Gasteiger partial charge in [0.1, 0.15) is 5.41 Å². The lowest BCUT2D eigenvalue weighted by Gasteiger charge is -2.22. The summed E-state index contributed by atoms with van der Waals surface area (Å²) >= 11 is 0. The fourth-order valence-corrected chi connectivity index (χ4v) is 2.83. The molecule has 3 rings (SSSR count). The van der Waals surface area contributed by atoms with Gasteiger partial charge < -0.3 is 10.2 Å². The van der Waals surface area contributed by atoms with E-state index < -0.39 is 5.41 Å². The standard InChI is InChI=1S/C16H20N2O2/c19-14(17-12-13-6-2-1-3-7-13)16(8-9-16)15(20)18-10-4-5-11-18/h1-3,6-7H,4-5,8-12H2,(H,17,19). The molecule has 2 fully saturated rings. The Morgan fingerprint density at radius 1 is 1.10 bits per heavy atom. The van der Waals surface area contributed by atoms with Crippen LogP contribution < -0.4 is 5.32 Å². The van der Waals surface area contributed by atoms with E-state index >= 15 is 0 Å². The van der Waals surface area contributed by atoms with Gasteiger partial charge >= 0.3 is 0 Å². The number of hydrogen-bond donors (Lipinski definition) is 1. The fraction of sp³-hybridized carbons (Fsp3) is 0.500. The number of likely N-dealkylation sites (tertiary alicyclic amines) is 1. The third-order valence-corrected chi connectivity index (χ3v) is 4.28. The van der Waals surface area contributed by atoms with Crippen LogP contribution in [0.2, 0.25) is 0 Å². The zero-order chi connectivity index (χ0) is 14.0. The van der Waals surface area contributed by atoms with Crippen molar-refractivity contribution in [2.24, 2.45) is 5.41 Å². The molecule has 1 aliphatic heterocycles. The van der Waals surface area contributed by atoms with E-state index in [1.165, 1.54) is 0 Å². The molecule has 1 aromatic rings. The highest BCUT2D eigenvalue weighted by atomic mass is 16.2. The van der Waals surface area contributed by atoms with Crippen molar-refractivity contribution in [2.45, 2.75) is 32.2 Å². The minimum atomic E-state index is -0.751. The van der Waals surface area contributed by atoms with Crippen molar-refractivity contribution in [3.8, 4) is 0 Å². The van der Waals surface area contributed by atoms with Gasteiger partial charge in [0.15, 0.2) is 0 Å². The average Bonchev–Trinajstić information content (AvgIpc) is 3.12. The molecule has 1 saturated heterocycles. The molecule has 0 aromatic heterocycles. The number of carbonyl (C=O) groups excluding carboxylic acids is 2. The van der Waals surface area contributed by atoms with Crippen molar-refractivity contribution in [3.05, 3.63) is 35.9 Å². The number of nitrogens with zero attached hydrogens (tertiary/aromatic N) is 1.